The Hall–Kier alpha value is -0.610. The van der Waals surface area contributed by atoms with Crippen LogP contribution < -0.4 is 11.2 Å². The van der Waals surface area contributed by atoms with Gasteiger partial charge in [0, 0.05) is 7.05 Å². The van der Waals surface area contributed by atoms with Crippen LogP contribution in [0.15, 0.2) is 0 Å². The summed E-state index contributed by atoms with van der Waals surface area (Å²) in [5.41, 5.74) is 0. The Morgan fingerprint density at radius 2 is 2.38 bits per heavy atom. The van der Waals surface area contributed by atoms with Gasteiger partial charge in [-0.05, 0) is 0 Å². The summed E-state index contributed by atoms with van der Waals surface area (Å²) in [5, 5.41) is 2.32. The first kappa shape index (κ1) is 10.4. The lowest BCUT2D eigenvalue weighted by molar-refractivity contribution is -0.125. The fraction of sp³-hybridized carbons (Fsp3) is 0.750. The minimum Gasteiger partial charge on any atom is -0.357 e. The van der Waals surface area contributed by atoms with Gasteiger partial charge in [-0.3, -0.25) is 9.63 Å². The second kappa shape index (κ2) is 6.39. The molecule has 8 heavy (non-hydrogen) atoms. The van der Waals surface area contributed by atoms with Crippen LogP contribution in [0.4, 0.5) is 0 Å². The highest BCUT2D eigenvalue weighted by Crippen LogP contribution is 1.59. The molecule has 0 radical (unpaired) electrons. The molecule has 0 aliphatic rings. The van der Waals surface area contributed by atoms with Gasteiger partial charge in [0.25, 0.3) is 0 Å². The van der Waals surface area contributed by atoms with Gasteiger partial charge >= 0.3 is 0 Å². The molecule has 0 fully saturated rings. The molecule has 0 aliphatic carbocycles. The third-order valence-corrected chi connectivity index (χ3v) is 0.493. The second-order valence-corrected chi connectivity index (χ2v) is 0.984. The van der Waals surface area contributed by atoms with Gasteiger partial charge in [0.15, 0.2) is 0 Å². The highest BCUT2D eigenvalue weighted by Gasteiger charge is 1.91. The number of likely N-dealkylation sites (N-methyl/N-ethyl adjacent to an activating group) is 1. The van der Waals surface area contributed by atoms with Crippen molar-refractivity contribution < 1.29 is 9.63 Å². The number of nitrogens with one attached hydrogen (secondary N) is 1. The largest absolute Gasteiger partial charge is 0.357 e. The molecule has 4 heteroatoms. The third kappa shape index (κ3) is 5.39. The highest BCUT2D eigenvalue weighted by atomic mass is 16.6. The van der Waals surface area contributed by atoms with E-state index in [4.69, 9.17) is 0 Å². The molecule has 0 aromatic carbocycles. The van der Waals surface area contributed by atoms with Crippen LogP contribution in [-0.2, 0) is 9.63 Å². The average molecular weight is 120 g/mol. The summed E-state index contributed by atoms with van der Waals surface area (Å²) in [6, 6.07) is 0. The SMILES string of the molecule is C.CNC(=O)CON. The third-order valence-electron chi connectivity index (χ3n) is 0.493. The van der Waals surface area contributed by atoms with Crippen molar-refractivity contribution in [3.05, 3.63) is 0 Å². The zero-order valence-electron chi connectivity index (χ0n) is 4.10. The summed E-state index contributed by atoms with van der Waals surface area (Å²) in [7, 11) is 1.52. The minimum absolute atomic E-state index is 0. The lowest BCUT2D eigenvalue weighted by Crippen LogP contribution is -2.24. The summed E-state index contributed by atoms with van der Waals surface area (Å²) < 4.78 is 0. The van der Waals surface area contributed by atoms with Crippen molar-refractivity contribution in [2.75, 3.05) is 13.7 Å². The van der Waals surface area contributed by atoms with E-state index in [-0.39, 0.29) is 19.9 Å². The molecule has 4 nitrogen and oxygen atoms in total. The molecule has 0 saturated carbocycles. The number of carbonyl (C=O) groups is 1. The Morgan fingerprint density at radius 1 is 1.88 bits per heavy atom. The molecule has 0 saturated heterocycles. The molecule has 0 heterocycles. The smallest absolute Gasteiger partial charge is 0.247 e. The summed E-state index contributed by atoms with van der Waals surface area (Å²) >= 11 is 0. The van der Waals surface area contributed by atoms with Crippen molar-refractivity contribution in [1.29, 1.82) is 0 Å². The molecule has 1 amide bonds. The van der Waals surface area contributed by atoms with Crippen molar-refractivity contribution in [1.82, 2.24) is 5.32 Å². The van der Waals surface area contributed by atoms with E-state index in [2.05, 4.69) is 16.1 Å². The van der Waals surface area contributed by atoms with Crippen molar-refractivity contribution in [3.8, 4) is 0 Å². The van der Waals surface area contributed by atoms with E-state index in [0.29, 0.717) is 0 Å². The fourth-order valence-electron chi connectivity index (χ4n) is 0.148. The maximum atomic E-state index is 10.1. The van der Waals surface area contributed by atoms with Crippen LogP contribution in [0.5, 0.6) is 0 Å². The molecular formula is C4H12N2O2. The Kier molecular flexibility index (Phi) is 8.30. The van der Waals surface area contributed by atoms with E-state index in [1.54, 1.807) is 0 Å². The van der Waals surface area contributed by atoms with Crippen molar-refractivity contribution >= 4 is 5.91 Å². The lowest BCUT2D eigenvalue weighted by Gasteiger charge is -1.92. The first-order chi connectivity index (χ1) is 3.31. The molecule has 0 unspecified atom stereocenters. The van der Waals surface area contributed by atoms with E-state index in [0.717, 1.165) is 0 Å². The highest BCUT2D eigenvalue weighted by molar-refractivity contribution is 5.76. The first-order valence-corrected chi connectivity index (χ1v) is 1.83. The normalized spacial score (nSPS) is 7.25. The van der Waals surface area contributed by atoms with Crippen LogP contribution in [0.2, 0.25) is 0 Å². The molecule has 0 rings (SSSR count). The van der Waals surface area contributed by atoms with E-state index in [1.807, 2.05) is 0 Å². The van der Waals surface area contributed by atoms with Crippen LogP contribution in [0, 0.1) is 0 Å². The van der Waals surface area contributed by atoms with Crippen LogP contribution in [0.1, 0.15) is 7.43 Å². The molecule has 0 aromatic rings. The minimum atomic E-state index is -0.220. The van der Waals surface area contributed by atoms with Gasteiger partial charge in [0.2, 0.25) is 5.91 Å². The van der Waals surface area contributed by atoms with Gasteiger partial charge in [0.1, 0.15) is 6.61 Å². The zero-order valence-corrected chi connectivity index (χ0v) is 4.10. The number of nitrogens with two attached hydrogens (primary N) is 1. The van der Waals surface area contributed by atoms with Crippen LogP contribution in [0.25, 0.3) is 0 Å². The number of hydrogen-bond acceptors (Lipinski definition) is 3. The van der Waals surface area contributed by atoms with E-state index in [1.165, 1.54) is 7.05 Å². The number of hydrogen-bond donors (Lipinski definition) is 2. The molecule has 0 atom stereocenters. The summed E-state index contributed by atoms with van der Waals surface area (Å²) in [5.74, 6) is 4.32. The van der Waals surface area contributed by atoms with Crippen molar-refractivity contribution in [2.24, 2.45) is 5.90 Å². The number of amides is 1. The first-order valence-electron chi connectivity index (χ1n) is 1.83. The summed E-state index contributed by atoms with van der Waals surface area (Å²) in [4.78, 5) is 14.1. The van der Waals surface area contributed by atoms with Gasteiger partial charge < -0.3 is 5.32 Å². The number of rotatable bonds is 2. The molecule has 0 aromatic heterocycles. The molecule has 0 spiro atoms. The predicted octanol–water partition coefficient (Wildman–Crippen LogP) is -0.741. The molecular weight excluding hydrogens is 108 g/mol. The van der Waals surface area contributed by atoms with Crippen LogP contribution >= 0.6 is 0 Å². The Balaban J connectivity index is 0. The van der Waals surface area contributed by atoms with E-state index < -0.39 is 0 Å². The van der Waals surface area contributed by atoms with E-state index >= 15 is 0 Å². The van der Waals surface area contributed by atoms with E-state index in [9.17, 15) is 4.79 Å². The molecule has 0 aliphatic heterocycles. The topological polar surface area (TPSA) is 64.3 Å². The molecule has 50 valence electrons. The monoisotopic (exact) mass is 120 g/mol. The quantitative estimate of drug-likeness (QED) is 0.472. The van der Waals surface area contributed by atoms with Gasteiger partial charge in [-0.2, -0.15) is 0 Å². The second-order valence-electron chi connectivity index (χ2n) is 0.984. The Bertz CT molecular complexity index is 65.1. The predicted molar refractivity (Wildman–Crippen MR) is 30.9 cm³/mol. The molecule has 3 N–H and O–H groups in total. The summed E-state index contributed by atoms with van der Waals surface area (Å²) in [6.45, 7) is -0.0729. The van der Waals surface area contributed by atoms with Gasteiger partial charge in [-0.25, -0.2) is 5.90 Å². The maximum absolute atomic E-state index is 10.1. The maximum Gasteiger partial charge on any atom is 0.247 e. The fourth-order valence-corrected chi connectivity index (χ4v) is 0.148. The van der Waals surface area contributed by atoms with Gasteiger partial charge in [-0.15, -0.1) is 0 Å². The van der Waals surface area contributed by atoms with Gasteiger partial charge in [-0.1, -0.05) is 7.43 Å². The van der Waals surface area contributed by atoms with Crippen LogP contribution in [0.3, 0.4) is 0 Å². The molecule has 0 bridgehead atoms. The van der Waals surface area contributed by atoms with Crippen molar-refractivity contribution in [2.45, 2.75) is 7.43 Å². The van der Waals surface area contributed by atoms with Crippen LogP contribution in [-0.4, -0.2) is 19.6 Å². The van der Waals surface area contributed by atoms with Crippen molar-refractivity contribution in [3.63, 3.8) is 0 Å². The Labute approximate surface area is 49.0 Å². The van der Waals surface area contributed by atoms with Gasteiger partial charge in [0.05, 0.1) is 0 Å². The number of carbonyl (C=O) groups excluding carboxylic acids is 1. The Morgan fingerprint density at radius 3 is 2.50 bits per heavy atom. The zero-order chi connectivity index (χ0) is 5.70. The summed E-state index contributed by atoms with van der Waals surface area (Å²) in [6.07, 6.45) is 0. The lowest BCUT2D eigenvalue weighted by atomic mass is 10.7. The average Bonchev–Trinajstić information content (AvgIpc) is 1.68. The standard InChI is InChI=1S/C3H8N2O2.CH4/c1-5-3(6)2-7-4;/h2,4H2,1H3,(H,5,6);1H4.